The van der Waals surface area contributed by atoms with Gasteiger partial charge in [-0.1, -0.05) is 292 Å². The van der Waals surface area contributed by atoms with Gasteiger partial charge < -0.3 is 28.4 Å². The number of nitrogens with zero attached hydrogens (tertiary/aromatic N) is 4. The van der Waals surface area contributed by atoms with Gasteiger partial charge in [-0.3, -0.25) is 0 Å². The van der Waals surface area contributed by atoms with E-state index in [2.05, 4.69) is 109 Å². The van der Waals surface area contributed by atoms with Crippen molar-refractivity contribution in [3.63, 3.8) is 0 Å². The molecule has 15 aromatic carbocycles. The largest absolute Gasteiger partial charge is 0.459 e. The summed E-state index contributed by atoms with van der Waals surface area (Å²) in [4.78, 5) is 4.39. The molecule has 526 valence electrons. The summed E-state index contributed by atoms with van der Waals surface area (Å²) in [6.45, 7) is 14.6. The molecule has 0 bridgehead atoms. The van der Waals surface area contributed by atoms with Crippen molar-refractivity contribution in [2.45, 2.75) is 78.6 Å². The Morgan fingerprint density at radius 3 is 0.964 bits per heavy atom. The van der Waals surface area contributed by atoms with Crippen molar-refractivity contribution in [2.75, 3.05) is 9.80 Å². The maximum Gasteiger partial charge on any atom is 0.261 e. The molecule has 0 atom stereocenters. The zero-order valence-corrected chi connectivity index (χ0v) is 62.0. The van der Waals surface area contributed by atoms with Crippen molar-refractivity contribution in [2.24, 2.45) is 0 Å². The van der Waals surface area contributed by atoms with Crippen molar-refractivity contribution < 1.29 is 39.6 Å². The van der Waals surface area contributed by atoms with E-state index in [1.54, 1.807) is 9.13 Å². The van der Waals surface area contributed by atoms with Crippen LogP contribution in [0.3, 0.4) is 0 Å². The lowest BCUT2D eigenvalue weighted by Gasteiger charge is -2.49. The molecule has 6 aliphatic heterocycles. The summed E-state index contributed by atoms with van der Waals surface area (Å²) in [6, 6.07) is 43.1. The molecule has 0 fully saturated rings. The zero-order chi connectivity index (χ0) is 93.6. The lowest BCUT2D eigenvalue weighted by molar-refractivity contribution is 0.490. The van der Waals surface area contributed by atoms with Gasteiger partial charge in [0.05, 0.1) is 52.6 Å². The van der Waals surface area contributed by atoms with Crippen LogP contribution in [0.25, 0.3) is 99.5 Å². The highest BCUT2D eigenvalue weighted by Gasteiger charge is 2.55. The van der Waals surface area contributed by atoms with Crippen LogP contribution in [-0.4, -0.2) is 29.3 Å². The highest BCUT2D eigenvalue weighted by molar-refractivity contribution is 7.05. The van der Waals surface area contributed by atoms with Gasteiger partial charge in [0.15, 0.2) is 0 Å². The minimum atomic E-state index is -1.59. The quantitative estimate of drug-likeness (QED) is 0.155. The second kappa shape index (κ2) is 22.9. The predicted octanol–water partition coefficient (Wildman–Crippen LogP) is 20.4. The van der Waals surface area contributed by atoms with Crippen LogP contribution in [0.1, 0.15) is 109 Å². The Labute approximate surface area is 679 Å². The topological polar surface area (TPSA) is 34.8 Å². The van der Waals surface area contributed by atoms with E-state index >= 15 is 0 Å². The first kappa shape index (κ1) is 46.0. The molecule has 0 N–H and O–H groups in total. The molecule has 9 heteroatoms. The average molecular weight is 1450 g/mol. The van der Waals surface area contributed by atoms with Crippen molar-refractivity contribution in [3.8, 4) is 78.9 Å². The zero-order valence-electron chi connectivity index (χ0n) is 84.0. The molecule has 23 rings (SSSR count). The average Bonchev–Trinajstić information content (AvgIpc) is 1.64. The predicted molar refractivity (Wildman–Crippen MR) is 469 cm³/mol. The Morgan fingerprint density at radius 2 is 0.595 bits per heavy atom. The van der Waals surface area contributed by atoms with E-state index in [1.165, 1.54) is 0 Å². The molecule has 0 spiro atoms. The highest BCUT2D eigenvalue weighted by atomic mass is 16.5. The number of anilines is 6. The number of aromatic nitrogens is 2. The third-order valence-corrected chi connectivity index (χ3v) is 23.7. The summed E-state index contributed by atoms with van der Waals surface area (Å²) < 4.78 is 240. The minimum absolute atomic E-state index is 0.00146. The number of fused-ring (bicyclic) bond motifs is 20. The first-order valence-corrected chi connectivity index (χ1v) is 37.6. The summed E-state index contributed by atoms with van der Waals surface area (Å²) in [5.74, 6) is -0.993. The molecule has 0 amide bonds. The molecular weight excluding hydrogens is 1350 g/mol. The standard InChI is InChI=1S/C102H77B3N4O2/c1-100(2,3)64-52-71(60-32-14-10-15-33-60)94(72(53-64)61-34-16-11-17-35-61)108-81-56-66(102(7,8)9)57-82-89(81)105(92-85(108)58-83-90-98(92)110-87-50-28-24-44-75(87)103(90)77-46-30-42-69-67-40-22-26-48-79(67)106(83)96(69)77)93-86(109(82)95-73(62-36-18-12-19-37-62)54-65(101(4,5)6)55-74(95)63-38-20-13-21-39-63)59-84-91-99(93)111-88-51-29-25-45-76(88)104(91)78-47-31-43-70-68-41-23-27-49-80(68)107(84)97(70)78/h10-59H,1-9H3/i22D,23D,24D,25D,26D,27D,28D,29D,30D,31D,40D,41D,42D,43D,44D,45D,46D,47D,48D,49D,50D,51D. The Bertz CT molecular complexity index is 7730. The van der Waals surface area contributed by atoms with Crippen molar-refractivity contribution in [1.82, 2.24) is 9.13 Å². The molecule has 111 heavy (non-hydrogen) atoms. The van der Waals surface area contributed by atoms with E-state index in [9.17, 15) is 30.2 Å². The van der Waals surface area contributed by atoms with E-state index in [-0.39, 0.29) is 122 Å². The molecule has 17 aromatic rings. The van der Waals surface area contributed by atoms with Crippen LogP contribution in [0.15, 0.2) is 303 Å². The monoisotopic (exact) mass is 1440 g/mol. The van der Waals surface area contributed by atoms with Gasteiger partial charge in [-0.25, -0.2) is 0 Å². The third kappa shape index (κ3) is 9.00. The van der Waals surface area contributed by atoms with Gasteiger partial charge in [0, 0.05) is 89.0 Å². The molecular formula is C102H77B3N4O2. The van der Waals surface area contributed by atoms with Crippen LogP contribution in [0.4, 0.5) is 34.1 Å². The van der Waals surface area contributed by atoms with Crippen LogP contribution in [0, 0.1) is 0 Å². The summed E-state index contributed by atoms with van der Waals surface area (Å²) in [5, 5.41) is -0.568. The van der Waals surface area contributed by atoms with E-state index in [0.717, 1.165) is 38.9 Å². The van der Waals surface area contributed by atoms with E-state index < -0.39 is 181 Å². The summed E-state index contributed by atoms with van der Waals surface area (Å²) in [5.41, 5.74) is 9.79. The fourth-order valence-corrected chi connectivity index (χ4v) is 18.6. The molecule has 6 nitrogen and oxygen atoms in total. The Balaban J connectivity index is 1.03. The Hall–Kier alpha value is -12.7. The fraction of sp³-hybridized carbons (Fsp3) is 0.118. The maximum absolute atomic E-state index is 10.6. The van der Waals surface area contributed by atoms with Crippen molar-refractivity contribution in [1.29, 1.82) is 0 Å². The highest BCUT2D eigenvalue weighted by Crippen LogP contribution is 2.58. The fourth-order valence-electron chi connectivity index (χ4n) is 18.6. The van der Waals surface area contributed by atoms with Crippen molar-refractivity contribution in [3.05, 3.63) is 319 Å². The number of hydrogen-bond donors (Lipinski definition) is 0. The van der Waals surface area contributed by atoms with Crippen LogP contribution in [0.2, 0.25) is 0 Å². The first-order valence-electron chi connectivity index (χ1n) is 48.6. The summed E-state index contributed by atoms with van der Waals surface area (Å²) in [6.07, 6.45) is 0. The second-order valence-electron chi connectivity index (χ2n) is 32.9. The lowest BCUT2D eigenvalue weighted by atomic mass is 9.28. The molecule has 2 aromatic heterocycles. The summed E-state index contributed by atoms with van der Waals surface area (Å²) >= 11 is 0. The van der Waals surface area contributed by atoms with Crippen LogP contribution < -0.4 is 68.4 Å². The van der Waals surface area contributed by atoms with Gasteiger partial charge >= 0.3 is 0 Å². The molecule has 0 aliphatic carbocycles. The van der Waals surface area contributed by atoms with E-state index in [0.29, 0.717) is 50.5 Å². The molecule has 8 heterocycles. The minimum Gasteiger partial charge on any atom is -0.459 e. The van der Waals surface area contributed by atoms with Gasteiger partial charge in [0.2, 0.25) is 0 Å². The Kier molecular flexibility index (Phi) is 9.50. The third-order valence-electron chi connectivity index (χ3n) is 23.7. The number of ether oxygens (including phenoxy) is 2. The Morgan fingerprint density at radius 1 is 0.288 bits per heavy atom. The number of rotatable bonds is 6. The lowest BCUT2D eigenvalue weighted by Crippen LogP contribution is -2.67. The van der Waals surface area contributed by atoms with Gasteiger partial charge in [0.25, 0.3) is 20.1 Å². The number of benzene rings is 15. The van der Waals surface area contributed by atoms with E-state index in [1.807, 2.05) is 133 Å². The molecule has 6 aliphatic rings. The van der Waals surface area contributed by atoms with Crippen LogP contribution in [0.5, 0.6) is 23.0 Å². The SMILES string of the molecule is [2H]c1c([2H])c([2H])c2c(c1[2H])Oc1c3c(cc4c1B2c1c([2H])c([2H])c([2H])c2c5c([2H])c([2H])c([2H])c([2H])c5n-4c12)N(c1c(-c2ccccc2)cc(C(C)(C)C)cc1-c1ccccc1)c1cc(C(C)(C)C)cc2c1B3c1c(cc3c4c1Oc1c([2H])c([2H])c([2H])c([2H])c1B4c1c([2H])c([2H])c([2H])c4c5c([2H])c([2H])c([2H])c([2H])c5n-3c14)N2c1c(-c2ccccc2)cc(C(C)(C)C)cc1-c1ccccc1. The molecule has 0 saturated carbocycles. The summed E-state index contributed by atoms with van der Waals surface area (Å²) in [7, 11) is 0. The molecule has 0 unspecified atom stereocenters. The first-order chi connectivity index (χ1) is 63.2. The van der Waals surface area contributed by atoms with Crippen LogP contribution >= 0.6 is 0 Å². The van der Waals surface area contributed by atoms with Crippen LogP contribution in [-0.2, 0) is 16.2 Å². The molecule has 0 radical (unpaired) electrons. The van der Waals surface area contributed by atoms with Gasteiger partial charge in [-0.2, -0.15) is 0 Å². The van der Waals surface area contributed by atoms with Crippen molar-refractivity contribution >= 4 is 147 Å². The van der Waals surface area contributed by atoms with Gasteiger partial charge in [-0.05, 0) is 177 Å². The van der Waals surface area contributed by atoms with Gasteiger partial charge in [0.1, 0.15) is 23.0 Å². The number of para-hydroxylation sites is 6. The maximum atomic E-state index is 10.6. The smallest absolute Gasteiger partial charge is 0.261 e. The molecule has 0 saturated heterocycles. The number of hydrogen-bond acceptors (Lipinski definition) is 4. The van der Waals surface area contributed by atoms with Gasteiger partial charge in [-0.15, -0.1) is 0 Å². The second-order valence-corrected chi connectivity index (χ2v) is 32.9. The van der Waals surface area contributed by atoms with E-state index in [4.69, 9.17) is 9.47 Å². The normalized spacial score (nSPS) is 16.6.